The minimum Gasteiger partial charge on any atom is -0.331 e. The second kappa shape index (κ2) is 4.30. The van der Waals surface area contributed by atoms with Crippen molar-refractivity contribution in [2.24, 2.45) is 14.1 Å². The quantitative estimate of drug-likeness (QED) is 0.671. The van der Waals surface area contributed by atoms with Crippen LogP contribution in [0.15, 0.2) is 18.2 Å². The summed E-state index contributed by atoms with van der Waals surface area (Å²) >= 11 is 0. The average Bonchev–Trinajstić information content (AvgIpc) is 2.88. The van der Waals surface area contributed by atoms with Crippen LogP contribution >= 0.6 is 0 Å². The Balaban J connectivity index is 2.27. The van der Waals surface area contributed by atoms with Crippen molar-refractivity contribution < 1.29 is 4.79 Å². The number of hydrogen-bond acceptors (Lipinski definition) is 3. The number of rotatable bonds is 2. The van der Waals surface area contributed by atoms with Crippen LogP contribution in [-0.4, -0.2) is 25.4 Å². The van der Waals surface area contributed by atoms with E-state index in [2.05, 4.69) is 9.97 Å². The second-order valence-corrected chi connectivity index (χ2v) is 4.99. The van der Waals surface area contributed by atoms with E-state index in [0.29, 0.717) is 5.69 Å². The molecule has 1 aromatic carbocycles. The van der Waals surface area contributed by atoms with Crippen molar-refractivity contribution in [2.75, 3.05) is 0 Å². The number of benzene rings is 1. The van der Waals surface area contributed by atoms with Crippen LogP contribution in [0.5, 0.6) is 0 Å². The summed E-state index contributed by atoms with van der Waals surface area (Å²) in [5.41, 5.74) is 4.27. The molecule has 2 aromatic heterocycles. The monoisotopic (exact) mass is 268 g/mol. The van der Waals surface area contributed by atoms with E-state index >= 15 is 0 Å². The second-order valence-electron chi connectivity index (χ2n) is 4.99. The van der Waals surface area contributed by atoms with Gasteiger partial charge in [0.25, 0.3) is 0 Å². The molecule has 3 aromatic rings. The third-order valence-corrected chi connectivity index (χ3v) is 3.84. The van der Waals surface area contributed by atoms with Crippen molar-refractivity contribution in [2.45, 2.75) is 13.8 Å². The highest BCUT2D eigenvalue weighted by Gasteiger charge is 2.15. The van der Waals surface area contributed by atoms with Gasteiger partial charge in [0.05, 0.1) is 16.7 Å². The number of aldehydes is 1. The van der Waals surface area contributed by atoms with Gasteiger partial charge >= 0.3 is 0 Å². The molecule has 5 heteroatoms. The van der Waals surface area contributed by atoms with Gasteiger partial charge in [-0.2, -0.15) is 0 Å². The Labute approximate surface area is 116 Å². The van der Waals surface area contributed by atoms with Gasteiger partial charge in [0.2, 0.25) is 0 Å². The molecule has 0 radical (unpaired) electrons. The molecule has 0 amide bonds. The predicted molar refractivity (Wildman–Crippen MR) is 77.8 cm³/mol. The Morgan fingerprint density at radius 3 is 2.45 bits per heavy atom. The van der Waals surface area contributed by atoms with Crippen molar-refractivity contribution in [3.8, 4) is 11.3 Å². The summed E-state index contributed by atoms with van der Waals surface area (Å²) in [6.45, 7) is 3.87. The Morgan fingerprint density at radius 1 is 1.05 bits per heavy atom. The molecule has 102 valence electrons. The zero-order valence-electron chi connectivity index (χ0n) is 12.0. The predicted octanol–water partition coefficient (Wildman–Crippen LogP) is 2.40. The Hall–Kier alpha value is -2.43. The van der Waals surface area contributed by atoms with E-state index in [1.807, 2.05) is 55.3 Å². The lowest BCUT2D eigenvalue weighted by molar-refractivity contribution is 0.112. The van der Waals surface area contributed by atoms with Gasteiger partial charge in [-0.1, -0.05) is 6.07 Å². The molecule has 0 saturated carbocycles. The topological polar surface area (TPSA) is 52.7 Å². The molecule has 0 aliphatic carbocycles. The van der Waals surface area contributed by atoms with E-state index in [-0.39, 0.29) is 0 Å². The van der Waals surface area contributed by atoms with Gasteiger partial charge in [-0.15, -0.1) is 0 Å². The number of fused-ring (bicyclic) bond motifs is 1. The van der Waals surface area contributed by atoms with Gasteiger partial charge < -0.3 is 9.13 Å². The smallest absolute Gasteiger partial charge is 0.170 e. The zero-order valence-corrected chi connectivity index (χ0v) is 12.0. The fourth-order valence-electron chi connectivity index (χ4n) is 2.53. The fourth-order valence-corrected chi connectivity index (χ4v) is 2.53. The lowest BCUT2D eigenvalue weighted by Gasteiger charge is -2.05. The van der Waals surface area contributed by atoms with Gasteiger partial charge in [-0.3, -0.25) is 4.79 Å². The van der Waals surface area contributed by atoms with Gasteiger partial charge in [0, 0.05) is 19.7 Å². The van der Waals surface area contributed by atoms with Crippen LogP contribution in [0.4, 0.5) is 0 Å². The van der Waals surface area contributed by atoms with E-state index in [1.165, 1.54) is 0 Å². The van der Waals surface area contributed by atoms with Gasteiger partial charge in [-0.25, -0.2) is 9.97 Å². The minimum absolute atomic E-state index is 0.469. The Kier molecular flexibility index (Phi) is 2.71. The maximum Gasteiger partial charge on any atom is 0.170 e. The Bertz CT molecular complexity index is 826. The van der Waals surface area contributed by atoms with Crippen molar-refractivity contribution in [1.82, 2.24) is 19.1 Å². The van der Waals surface area contributed by atoms with Crippen molar-refractivity contribution in [3.05, 3.63) is 35.5 Å². The highest BCUT2D eigenvalue weighted by atomic mass is 16.1. The highest BCUT2D eigenvalue weighted by molar-refractivity contribution is 5.88. The van der Waals surface area contributed by atoms with Crippen LogP contribution in [0, 0.1) is 13.8 Å². The average molecular weight is 268 g/mol. The third kappa shape index (κ3) is 1.66. The first-order chi connectivity index (χ1) is 9.52. The third-order valence-electron chi connectivity index (χ3n) is 3.84. The van der Waals surface area contributed by atoms with Crippen LogP contribution in [-0.2, 0) is 14.1 Å². The van der Waals surface area contributed by atoms with E-state index in [1.54, 1.807) is 0 Å². The van der Waals surface area contributed by atoms with E-state index < -0.39 is 0 Å². The standard InChI is InChI=1S/C15H16N4O/c1-9-16-12-7-11(5-6-14(12)18(9)3)15-13(8-20)17-10(2)19(15)4/h5-8H,1-4H3. The number of carbonyl (C=O) groups is 1. The summed E-state index contributed by atoms with van der Waals surface area (Å²) in [7, 11) is 3.91. The molecule has 0 N–H and O–H groups in total. The van der Waals surface area contributed by atoms with E-state index in [9.17, 15) is 4.79 Å². The van der Waals surface area contributed by atoms with Crippen molar-refractivity contribution >= 4 is 17.3 Å². The molecule has 0 unspecified atom stereocenters. The number of nitrogens with zero attached hydrogens (tertiary/aromatic N) is 4. The molecular weight excluding hydrogens is 252 g/mol. The normalized spacial score (nSPS) is 11.2. The van der Waals surface area contributed by atoms with Crippen LogP contribution in [0.1, 0.15) is 22.1 Å². The van der Waals surface area contributed by atoms with Crippen molar-refractivity contribution in [3.63, 3.8) is 0 Å². The molecule has 0 aliphatic heterocycles. The van der Waals surface area contributed by atoms with Crippen molar-refractivity contribution in [1.29, 1.82) is 0 Å². The largest absolute Gasteiger partial charge is 0.331 e. The molecule has 0 spiro atoms. The van der Waals surface area contributed by atoms with Gasteiger partial charge in [-0.05, 0) is 26.0 Å². The lowest BCUT2D eigenvalue weighted by atomic mass is 10.1. The number of aryl methyl sites for hydroxylation is 3. The Morgan fingerprint density at radius 2 is 1.75 bits per heavy atom. The minimum atomic E-state index is 0.469. The summed E-state index contributed by atoms with van der Waals surface area (Å²) in [6.07, 6.45) is 0.802. The number of hydrogen-bond donors (Lipinski definition) is 0. The molecule has 20 heavy (non-hydrogen) atoms. The first-order valence-electron chi connectivity index (χ1n) is 6.45. The number of imidazole rings is 2. The molecular formula is C15H16N4O. The SMILES string of the molecule is Cc1nc(C=O)c(-c2ccc3c(c2)nc(C)n3C)n1C. The molecule has 0 fully saturated rings. The molecule has 3 rings (SSSR count). The summed E-state index contributed by atoms with van der Waals surface area (Å²) in [5.74, 6) is 1.79. The fraction of sp³-hybridized carbons (Fsp3) is 0.267. The van der Waals surface area contributed by atoms with E-state index in [4.69, 9.17) is 0 Å². The molecule has 0 saturated heterocycles. The van der Waals surface area contributed by atoms with Crippen LogP contribution in [0.25, 0.3) is 22.3 Å². The van der Waals surface area contributed by atoms with Gasteiger partial charge in [0.15, 0.2) is 6.29 Å². The summed E-state index contributed by atoms with van der Waals surface area (Å²) in [4.78, 5) is 20.0. The van der Waals surface area contributed by atoms with E-state index in [0.717, 1.165) is 40.2 Å². The summed E-state index contributed by atoms with van der Waals surface area (Å²) in [5, 5.41) is 0. The first kappa shape index (κ1) is 12.6. The summed E-state index contributed by atoms with van der Waals surface area (Å²) < 4.78 is 3.98. The first-order valence-corrected chi connectivity index (χ1v) is 6.45. The van der Waals surface area contributed by atoms with Crippen LogP contribution in [0.3, 0.4) is 0 Å². The van der Waals surface area contributed by atoms with Gasteiger partial charge in [0.1, 0.15) is 17.3 Å². The maximum atomic E-state index is 11.2. The summed E-state index contributed by atoms with van der Waals surface area (Å²) in [6, 6.07) is 6.04. The van der Waals surface area contributed by atoms with Crippen LogP contribution in [0.2, 0.25) is 0 Å². The lowest BCUT2D eigenvalue weighted by Crippen LogP contribution is -1.96. The number of carbonyl (C=O) groups excluding carboxylic acids is 1. The molecule has 0 bridgehead atoms. The maximum absolute atomic E-state index is 11.2. The molecule has 2 heterocycles. The zero-order chi connectivity index (χ0) is 14.4. The molecule has 0 aliphatic rings. The molecule has 0 atom stereocenters. The highest BCUT2D eigenvalue weighted by Crippen LogP contribution is 2.27. The van der Waals surface area contributed by atoms with Crippen LogP contribution < -0.4 is 0 Å². The molecule has 5 nitrogen and oxygen atoms in total. The number of aromatic nitrogens is 4.